The van der Waals surface area contributed by atoms with Gasteiger partial charge in [0.1, 0.15) is 0 Å². The molecule has 0 bridgehead atoms. The van der Waals surface area contributed by atoms with Crippen LogP contribution in [-0.2, 0) is 0 Å². The molecule has 66 valence electrons. The fourth-order valence-corrected chi connectivity index (χ4v) is 1.44. The van der Waals surface area contributed by atoms with Gasteiger partial charge in [-0.2, -0.15) is 0 Å². The molecule has 0 spiro atoms. The maximum absolute atomic E-state index is 9.00. The van der Waals surface area contributed by atoms with E-state index >= 15 is 0 Å². The van der Waals surface area contributed by atoms with Crippen molar-refractivity contribution in [2.24, 2.45) is 0 Å². The van der Waals surface area contributed by atoms with E-state index in [4.69, 9.17) is 5.11 Å². The van der Waals surface area contributed by atoms with Gasteiger partial charge in [-0.25, -0.2) is 0 Å². The van der Waals surface area contributed by atoms with E-state index in [1.165, 1.54) is 13.0 Å². The molecule has 0 amide bonds. The van der Waals surface area contributed by atoms with Crippen LogP contribution in [0.15, 0.2) is 0 Å². The topological polar surface area (TPSA) is 35.5 Å². The number of aliphatic hydroxyl groups is 1. The second kappa shape index (κ2) is 4.04. The molecule has 1 fully saturated rings. The summed E-state index contributed by atoms with van der Waals surface area (Å²) in [6.45, 7) is 4.83. The van der Waals surface area contributed by atoms with Crippen LogP contribution in [0.2, 0.25) is 0 Å². The van der Waals surface area contributed by atoms with Gasteiger partial charge in [-0.15, -0.1) is 0 Å². The summed E-state index contributed by atoms with van der Waals surface area (Å²) in [7, 11) is 2.13. The molecule has 1 aliphatic rings. The van der Waals surface area contributed by atoms with Crippen molar-refractivity contribution >= 4 is 0 Å². The van der Waals surface area contributed by atoms with Gasteiger partial charge in [0.25, 0.3) is 0 Å². The van der Waals surface area contributed by atoms with E-state index in [0.29, 0.717) is 6.04 Å². The molecule has 0 aromatic heterocycles. The normalized spacial score (nSPS) is 29.2. The molecule has 2 unspecified atom stereocenters. The molecule has 2 N–H and O–H groups in total. The Kier molecular flexibility index (Phi) is 3.30. The quantitative estimate of drug-likeness (QED) is 0.590. The molecule has 0 aromatic rings. The summed E-state index contributed by atoms with van der Waals surface area (Å²) in [6, 6.07) is 0.592. The molecule has 1 rings (SSSR count). The average molecular weight is 158 g/mol. The van der Waals surface area contributed by atoms with Crippen LogP contribution in [0.1, 0.15) is 13.3 Å². The standard InChI is InChI=1S/C8H18N2O/c1-7(11)5-9-8-3-4-10(2)6-8/h7-9,11H,3-6H2,1-2H3. The molecule has 0 aromatic carbocycles. The summed E-state index contributed by atoms with van der Waals surface area (Å²) < 4.78 is 0. The molecule has 11 heavy (non-hydrogen) atoms. The number of nitrogens with zero attached hydrogens (tertiary/aromatic N) is 1. The molecule has 0 radical (unpaired) electrons. The summed E-state index contributed by atoms with van der Waals surface area (Å²) in [5, 5.41) is 12.3. The minimum Gasteiger partial charge on any atom is -0.392 e. The molecule has 1 heterocycles. The first-order valence-corrected chi connectivity index (χ1v) is 4.28. The van der Waals surface area contributed by atoms with Crippen LogP contribution in [0.3, 0.4) is 0 Å². The molecule has 0 saturated carbocycles. The average Bonchev–Trinajstić information content (AvgIpc) is 2.31. The van der Waals surface area contributed by atoms with E-state index in [-0.39, 0.29) is 6.10 Å². The maximum atomic E-state index is 9.00. The van der Waals surface area contributed by atoms with E-state index in [2.05, 4.69) is 17.3 Å². The fraction of sp³-hybridized carbons (Fsp3) is 1.00. The summed E-state index contributed by atoms with van der Waals surface area (Å²) in [6.07, 6.45) is 0.990. The van der Waals surface area contributed by atoms with Gasteiger partial charge < -0.3 is 15.3 Å². The van der Waals surface area contributed by atoms with Gasteiger partial charge in [0.15, 0.2) is 0 Å². The van der Waals surface area contributed by atoms with Crippen molar-refractivity contribution in [2.45, 2.75) is 25.5 Å². The smallest absolute Gasteiger partial charge is 0.0636 e. The van der Waals surface area contributed by atoms with E-state index < -0.39 is 0 Å². The van der Waals surface area contributed by atoms with Crippen LogP contribution in [-0.4, -0.2) is 48.8 Å². The molecule has 3 heteroatoms. The molecular weight excluding hydrogens is 140 g/mol. The van der Waals surface area contributed by atoms with Gasteiger partial charge >= 0.3 is 0 Å². The fourth-order valence-electron chi connectivity index (χ4n) is 1.44. The van der Waals surface area contributed by atoms with Crippen molar-refractivity contribution < 1.29 is 5.11 Å². The lowest BCUT2D eigenvalue weighted by Gasteiger charge is -2.13. The molecular formula is C8H18N2O. The molecule has 1 aliphatic heterocycles. The number of aliphatic hydroxyl groups excluding tert-OH is 1. The number of rotatable bonds is 3. The third-order valence-corrected chi connectivity index (χ3v) is 2.09. The Morgan fingerprint density at radius 3 is 2.91 bits per heavy atom. The Balaban J connectivity index is 2.08. The first kappa shape index (κ1) is 8.97. The zero-order valence-electron chi connectivity index (χ0n) is 7.38. The van der Waals surface area contributed by atoms with E-state index in [1.54, 1.807) is 0 Å². The van der Waals surface area contributed by atoms with Crippen molar-refractivity contribution in [3.05, 3.63) is 0 Å². The second-order valence-electron chi connectivity index (χ2n) is 3.51. The third-order valence-electron chi connectivity index (χ3n) is 2.09. The lowest BCUT2D eigenvalue weighted by atomic mass is 10.2. The lowest BCUT2D eigenvalue weighted by Crippen LogP contribution is -2.36. The summed E-state index contributed by atoms with van der Waals surface area (Å²) >= 11 is 0. The van der Waals surface area contributed by atoms with Crippen LogP contribution >= 0.6 is 0 Å². The van der Waals surface area contributed by atoms with Crippen LogP contribution in [0.4, 0.5) is 0 Å². The minimum atomic E-state index is -0.221. The summed E-state index contributed by atoms with van der Waals surface area (Å²) in [4.78, 5) is 2.31. The monoisotopic (exact) mass is 158 g/mol. The van der Waals surface area contributed by atoms with Crippen molar-refractivity contribution in [1.82, 2.24) is 10.2 Å². The highest BCUT2D eigenvalue weighted by Crippen LogP contribution is 2.05. The van der Waals surface area contributed by atoms with Gasteiger partial charge in [0, 0.05) is 19.1 Å². The van der Waals surface area contributed by atoms with Gasteiger partial charge in [-0.3, -0.25) is 0 Å². The van der Waals surface area contributed by atoms with Gasteiger partial charge in [-0.05, 0) is 26.9 Å². The zero-order valence-corrected chi connectivity index (χ0v) is 7.38. The Hall–Kier alpha value is -0.120. The van der Waals surface area contributed by atoms with Crippen molar-refractivity contribution in [1.29, 1.82) is 0 Å². The van der Waals surface area contributed by atoms with Gasteiger partial charge in [0.2, 0.25) is 0 Å². The van der Waals surface area contributed by atoms with Crippen molar-refractivity contribution in [2.75, 3.05) is 26.7 Å². The maximum Gasteiger partial charge on any atom is 0.0636 e. The zero-order chi connectivity index (χ0) is 8.27. The number of hydrogen-bond donors (Lipinski definition) is 2. The Morgan fingerprint density at radius 2 is 2.45 bits per heavy atom. The largest absolute Gasteiger partial charge is 0.392 e. The summed E-state index contributed by atoms with van der Waals surface area (Å²) in [5.74, 6) is 0. The van der Waals surface area contributed by atoms with Crippen LogP contribution < -0.4 is 5.32 Å². The van der Waals surface area contributed by atoms with E-state index in [9.17, 15) is 0 Å². The number of likely N-dealkylation sites (tertiary alicyclic amines) is 1. The van der Waals surface area contributed by atoms with Crippen molar-refractivity contribution in [3.63, 3.8) is 0 Å². The second-order valence-corrected chi connectivity index (χ2v) is 3.51. The Labute approximate surface area is 68.4 Å². The first-order chi connectivity index (χ1) is 5.18. The lowest BCUT2D eigenvalue weighted by molar-refractivity contribution is 0.186. The predicted molar refractivity (Wildman–Crippen MR) is 45.6 cm³/mol. The molecule has 2 atom stereocenters. The van der Waals surface area contributed by atoms with Crippen LogP contribution in [0, 0.1) is 0 Å². The van der Waals surface area contributed by atoms with Gasteiger partial charge in [-0.1, -0.05) is 0 Å². The Morgan fingerprint density at radius 1 is 1.73 bits per heavy atom. The SMILES string of the molecule is CC(O)CNC1CCN(C)C1. The predicted octanol–water partition coefficient (Wildman–Crippen LogP) is -0.339. The highest BCUT2D eigenvalue weighted by atomic mass is 16.3. The first-order valence-electron chi connectivity index (χ1n) is 4.28. The van der Waals surface area contributed by atoms with E-state index in [1.807, 2.05) is 6.92 Å². The van der Waals surface area contributed by atoms with Crippen molar-refractivity contribution in [3.8, 4) is 0 Å². The van der Waals surface area contributed by atoms with E-state index in [0.717, 1.165) is 13.1 Å². The number of likely N-dealkylation sites (N-methyl/N-ethyl adjacent to an activating group) is 1. The third kappa shape index (κ3) is 3.18. The summed E-state index contributed by atoms with van der Waals surface area (Å²) in [5.41, 5.74) is 0. The van der Waals surface area contributed by atoms with Crippen LogP contribution in [0.25, 0.3) is 0 Å². The molecule has 0 aliphatic carbocycles. The number of hydrogen-bond acceptors (Lipinski definition) is 3. The highest BCUT2D eigenvalue weighted by molar-refractivity contribution is 4.78. The highest BCUT2D eigenvalue weighted by Gasteiger charge is 2.18. The molecule has 3 nitrogen and oxygen atoms in total. The minimum absolute atomic E-state index is 0.221. The Bertz CT molecular complexity index is 117. The van der Waals surface area contributed by atoms with Gasteiger partial charge in [0.05, 0.1) is 6.10 Å². The molecule has 1 saturated heterocycles. The van der Waals surface area contributed by atoms with Crippen LogP contribution in [0.5, 0.6) is 0 Å². The number of nitrogens with one attached hydrogen (secondary N) is 1.